The molecule has 0 radical (unpaired) electrons. The molecule has 1 aliphatic rings. The van der Waals surface area contributed by atoms with Crippen LogP contribution in [0.5, 0.6) is 0 Å². The van der Waals surface area contributed by atoms with Crippen LogP contribution in [0.15, 0.2) is 42.5 Å². The largest absolute Gasteiger partial charge is 0.452 e. The van der Waals surface area contributed by atoms with Gasteiger partial charge >= 0.3 is 5.30 Å². The Bertz CT molecular complexity index is 949. The number of nitrogens with one attached hydrogen (secondary N) is 1. The summed E-state index contributed by atoms with van der Waals surface area (Å²) in [6.45, 7) is 11.9. The molecule has 6 heteroatoms. The Hall–Kier alpha value is -2.05. The van der Waals surface area contributed by atoms with Gasteiger partial charge in [-0.2, -0.15) is 0 Å². The van der Waals surface area contributed by atoms with Gasteiger partial charge in [0.15, 0.2) is 0 Å². The molecule has 2 atom stereocenters. The van der Waals surface area contributed by atoms with Gasteiger partial charge in [0.2, 0.25) is 5.91 Å². The summed E-state index contributed by atoms with van der Waals surface area (Å²) >= 11 is 1.27. The van der Waals surface area contributed by atoms with Gasteiger partial charge in [-0.3, -0.25) is 4.79 Å². The summed E-state index contributed by atoms with van der Waals surface area (Å²) in [6, 6.07) is 15.0. The van der Waals surface area contributed by atoms with Crippen molar-refractivity contribution in [1.29, 1.82) is 0 Å². The lowest BCUT2D eigenvalue weighted by molar-refractivity contribution is -0.132. The Morgan fingerprint density at radius 2 is 1.88 bits per heavy atom. The maximum Gasteiger partial charge on any atom is 0.368 e. The first-order valence-corrected chi connectivity index (χ1v) is 12.9. The first-order chi connectivity index (χ1) is 15.6. The topological polar surface area (TPSA) is 58.6 Å². The fourth-order valence-corrected chi connectivity index (χ4v) is 5.33. The average Bonchev–Trinajstić information content (AvgIpc) is 3.15. The molecule has 180 valence electrons. The molecule has 2 aromatic carbocycles. The Morgan fingerprint density at radius 3 is 2.61 bits per heavy atom. The number of rotatable bonds is 8. The molecule has 0 saturated carbocycles. The molecule has 0 aliphatic carbocycles. The lowest BCUT2D eigenvalue weighted by atomic mass is 10.0. The van der Waals surface area contributed by atoms with Crippen LogP contribution in [0.3, 0.4) is 0 Å². The van der Waals surface area contributed by atoms with Crippen LogP contribution in [0.4, 0.5) is 4.79 Å². The second kappa shape index (κ2) is 11.4. The number of nitrogens with zero attached hydrogens (tertiary/aromatic N) is 1. The molecule has 3 rings (SSSR count). The number of fused-ring (bicyclic) bond motifs is 1. The minimum atomic E-state index is -0.475. The van der Waals surface area contributed by atoms with Crippen molar-refractivity contribution in [1.82, 2.24) is 10.2 Å². The zero-order valence-corrected chi connectivity index (χ0v) is 21.4. The van der Waals surface area contributed by atoms with Crippen molar-refractivity contribution in [3.63, 3.8) is 0 Å². The van der Waals surface area contributed by atoms with Gasteiger partial charge < -0.3 is 15.0 Å². The van der Waals surface area contributed by atoms with Crippen molar-refractivity contribution >= 4 is 33.7 Å². The Kier molecular flexibility index (Phi) is 8.82. The third kappa shape index (κ3) is 8.04. The monoisotopic (exact) mass is 470 g/mol. The predicted molar refractivity (Wildman–Crippen MR) is 138 cm³/mol. The van der Waals surface area contributed by atoms with Crippen LogP contribution >= 0.6 is 11.8 Å². The molecule has 0 bridgehead atoms. The van der Waals surface area contributed by atoms with Crippen LogP contribution in [0.25, 0.3) is 10.8 Å². The molecule has 1 heterocycles. The number of hydrogen-bond donors (Lipinski definition) is 1. The molecule has 1 saturated heterocycles. The molecule has 2 aromatic rings. The molecule has 5 nitrogen and oxygen atoms in total. The number of benzene rings is 2. The lowest BCUT2D eigenvalue weighted by Gasteiger charge is -2.27. The summed E-state index contributed by atoms with van der Waals surface area (Å²) in [5.74, 6) is 0.528. The fraction of sp³-hybridized carbons (Fsp3) is 0.556. The molecule has 1 N–H and O–H groups in total. The highest BCUT2D eigenvalue weighted by Crippen LogP contribution is 2.26. The van der Waals surface area contributed by atoms with Gasteiger partial charge in [-0.1, -0.05) is 56.3 Å². The maximum absolute atomic E-state index is 13.1. The molecule has 0 spiro atoms. The van der Waals surface area contributed by atoms with E-state index in [4.69, 9.17) is 4.74 Å². The molecule has 1 amide bonds. The van der Waals surface area contributed by atoms with Gasteiger partial charge in [0.1, 0.15) is 5.60 Å². The molecule has 1 fully saturated rings. The van der Waals surface area contributed by atoms with Crippen LogP contribution in [0.1, 0.15) is 53.0 Å². The van der Waals surface area contributed by atoms with Gasteiger partial charge in [0.05, 0.1) is 0 Å². The summed E-state index contributed by atoms with van der Waals surface area (Å²) in [5.41, 5.74) is 0.796. The van der Waals surface area contributed by atoms with E-state index in [1.807, 2.05) is 25.7 Å². The van der Waals surface area contributed by atoms with Crippen LogP contribution in [0, 0.1) is 5.92 Å². The number of carbonyl (C=O) groups is 2. The molecule has 33 heavy (non-hydrogen) atoms. The number of carbonyl (C=O) groups excluding carboxylic acids is 2. The highest BCUT2D eigenvalue weighted by Gasteiger charge is 2.30. The highest BCUT2D eigenvalue weighted by molar-refractivity contribution is 8.13. The Morgan fingerprint density at radius 1 is 1.15 bits per heavy atom. The molecule has 1 aliphatic heterocycles. The summed E-state index contributed by atoms with van der Waals surface area (Å²) in [5, 5.41) is 5.95. The Balaban J connectivity index is 1.61. The third-order valence-corrected chi connectivity index (χ3v) is 6.71. The smallest absolute Gasteiger partial charge is 0.368 e. The summed E-state index contributed by atoms with van der Waals surface area (Å²) in [6.07, 6.45) is 2.23. The van der Waals surface area contributed by atoms with Crippen LogP contribution in [0.2, 0.25) is 0 Å². The van der Waals surface area contributed by atoms with Gasteiger partial charge in [0.25, 0.3) is 0 Å². The minimum absolute atomic E-state index is 0.171. The first-order valence-electron chi connectivity index (χ1n) is 12.0. The van der Waals surface area contributed by atoms with Crippen molar-refractivity contribution in [2.45, 2.75) is 70.8 Å². The van der Waals surface area contributed by atoms with Crippen molar-refractivity contribution in [2.24, 2.45) is 5.92 Å². The third-order valence-electron chi connectivity index (χ3n) is 5.74. The zero-order chi connectivity index (χ0) is 24.0. The summed E-state index contributed by atoms with van der Waals surface area (Å²) in [7, 11) is 0. The van der Waals surface area contributed by atoms with E-state index in [1.165, 1.54) is 28.1 Å². The minimum Gasteiger partial charge on any atom is -0.452 e. The number of thioether (sulfide) groups is 1. The number of ether oxygens (including phenoxy) is 1. The normalized spacial score (nSPS) is 18.6. The van der Waals surface area contributed by atoms with Crippen molar-refractivity contribution in [3.05, 3.63) is 48.0 Å². The molecular formula is C27H38N2O3S. The molecular weight excluding hydrogens is 432 g/mol. The fourth-order valence-electron chi connectivity index (χ4n) is 4.25. The van der Waals surface area contributed by atoms with Crippen LogP contribution < -0.4 is 5.32 Å². The van der Waals surface area contributed by atoms with E-state index in [9.17, 15) is 9.59 Å². The van der Waals surface area contributed by atoms with E-state index in [0.29, 0.717) is 25.4 Å². The van der Waals surface area contributed by atoms with Gasteiger partial charge in [-0.05, 0) is 67.6 Å². The van der Waals surface area contributed by atoms with Crippen LogP contribution in [-0.2, 0) is 16.0 Å². The standard InChI is InChI=1S/C27H38N2O3S/c1-19(2)15-25(30)29(14-13-21-11-8-10-20-9-6-7-12-24(20)21)18-22-16-23(17-28-22)33-26(31)32-27(3,4)5/h6-12,19,22-23,28H,13-18H2,1-5H3/t22-,23-/m0/s1. The van der Waals surface area contributed by atoms with E-state index in [0.717, 1.165) is 19.4 Å². The quantitative estimate of drug-likeness (QED) is 0.505. The van der Waals surface area contributed by atoms with Crippen molar-refractivity contribution in [3.8, 4) is 0 Å². The highest BCUT2D eigenvalue weighted by atomic mass is 32.2. The van der Waals surface area contributed by atoms with Gasteiger partial charge in [-0.15, -0.1) is 0 Å². The summed E-state index contributed by atoms with van der Waals surface area (Å²) < 4.78 is 5.45. The number of hydrogen-bond acceptors (Lipinski definition) is 5. The van der Waals surface area contributed by atoms with Gasteiger partial charge in [-0.25, -0.2) is 4.79 Å². The first kappa shape index (κ1) is 25.6. The zero-order valence-electron chi connectivity index (χ0n) is 20.6. The second-order valence-electron chi connectivity index (χ2n) is 10.4. The van der Waals surface area contributed by atoms with Crippen molar-refractivity contribution in [2.75, 3.05) is 19.6 Å². The maximum atomic E-state index is 13.1. The van der Waals surface area contributed by atoms with Gasteiger partial charge in [0, 0.05) is 37.3 Å². The molecule has 0 aromatic heterocycles. The summed E-state index contributed by atoms with van der Waals surface area (Å²) in [4.78, 5) is 27.3. The second-order valence-corrected chi connectivity index (χ2v) is 11.6. The van der Waals surface area contributed by atoms with E-state index < -0.39 is 5.60 Å². The lowest BCUT2D eigenvalue weighted by Crippen LogP contribution is -2.42. The van der Waals surface area contributed by atoms with E-state index in [2.05, 4.69) is 61.6 Å². The average molecular weight is 471 g/mol. The number of amides is 1. The van der Waals surface area contributed by atoms with Crippen LogP contribution in [-0.4, -0.2) is 52.6 Å². The van der Waals surface area contributed by atoms with Crippen molar-refractivity contribution < 1.29 is 14.3 Å². The van der Waals surface area contributed by atoms with E-state index in [-0.39, 0.29) is 22.5 Å². The Labute approximate surface area is 202 Å². The van der Waals surface area contributed by atoms with E-state index >= 15 is 0 Å². The SMILES string of the molecule is CC(C)CC(=O)N(CCc1cccc2ccccc12)C[C@@H]1C[C@H](SC(=O)OC(C)(C)C)CN1. The molecule has 0 unspecified atom stereocenters. The van der Waals surface area contributed by atoms with E-state index in [1.54, 1.807) is 0 Å². The predicted octanol–water partition coefficient (Wildman–Crippen LogP) is 5.66.